The van der Waals surface area contributed by atoms with E-state index >= 15 is 0 Å². The summed E-state index contributed by atoms with van der Waals surface area (Å²) >= 11 is 0. The topological polar surface area (TPSA) is 99.1 Å². The second kappa shape index (κ2) is 15.9. The van der Waals surface area contributed by atoms with Crippen molar-refractivity contribution in [3.05, 3.63) is 70.3 Å². The van der Waals surface area contributed by atoms with Crippen LogP contribution in [0.1, 0.15) is 65.0 Å². The van der Waals surface area contributed by atoms with E-state index in [9.17, 15) is 28.6 Å². The molecule has 0 saturated heterocycles. The first-order chi connectivity index (χ1) is 18.6. The largest absolute Gasteiger partial charge is 0.388 e. The summed E-state index contributed by atoms with van der Waals surface area (Å²) in [6, 6.07) is 6.54. The van der Waals surface area contributed by atoms with E-state index in [-0.39, 0.29) is 36.7 Å². The van der Waals surface area contributed by atoms with E-state index in [4.69, 9.17) is 11.2 Å². The fraction of sp³-hybridized carbons (Fsp3) is 0.467. The number of aliphatic hydroxyl groups is 2. The van der Waals surface area contributed by atoms with Gasteiger partial charge in [0.25, 0.3) is 11.8 Å². The lowest BCUT2D eigenvalue weighted by Crippen LogP contribution is -2.51. The molecule has 0 saturated carbocycles. The molecule has 0 spiro atoms. The summed E-state index contributed by atoms with van der Waals surface area (Å²) in [7, 11) is 0. The highest BCUT2D eigenvalue weighted by molar-refractivity contribution is 6.00. The van der Waals surface area contributed by atoms with Crippen LogP contribution in [-0.2, 0) is 11.2 Å². The summed E-state index contributed by atoms with van der Waals surface area (Å²) < 4.78 is 32.9. The highest BCUT2D eigenvalue weighted by Gasteiger charge is 2.29. The van der Waals surface area contributed by atoms with Gasteiger partial charge in [-0.2, -0.15) is 0 Å². The Kier molecular flexibility index (Phi) is 13.0. The third-order valence-electron chi connectivity index (χ3n) is 6.04. The SMILES string of the molecule is C#CCCOC[C@H](O)[C@H](O)[C@H](Cc1cc(F)cc(F)c1)NC(=O)c1cc(C)cc(C(=O)N(CCC)CCC)c1. The molecule has 0 aliphatic heterocycles. The first-order valence-corrected chi connectivity index (χ1v) is 13.1. The molecule has 212 valence electrons. The van der Waals surface area contributed by atoms with Crippen LogP contribution in [0, 0.1) is 30.9 Å². The van der Waals surface area contributed by atoms with Crippen molar-refractivity contribution in [1.82, 2.24) is 10.2 Å². The van der Waals surface area contributed by atoms with Crippen LogP contribution in [0.5, 0.6) is 0 Å². The summed E-state index contributed by atoms with van der Waals surface area (Å²) in [5, 5.41) is 24.1. The quantitative estimate of drug-likeness (QED) is 0.235. The Bertz CT molecular complexity index is 1120. The monoisotopic (exact) mass is 544 g/mol. The zero-order valence-electron chi connectivity index (χ0n) is 22.8. The number of amides is 2. The Morgan fingerprint density at radius 3 is 2.23 bits per heavy atom. The van der Waals surface area contributed by atoms with Gasteiger partial charge in [0.05, 0.1) is 19.3 Å². The predicted molar refractivity (Wildman–Crippen MR) is 145 cm³/mol. The molecule has 0 heterocycles. The Labute approximate surface area is 229 Å². The van der Waals surface area contributed by atoms with Crippen LogP contribution >= 0.6 is 0 Å². The van der Waals surface area contributed by atoms with Gasteiger partial charge in [0.15, 0.2) is 0 Å². The smallest absolute Gasteiger partial charge is 0.253 e. The van der Waals surface area contributed by atoms with Gasteiger partial charge < -0.3 is 25.2 Å². The molecule has 2 rings (SSSR count). The summed E-state index contributed by atoms with van der Waals surface area (Å²) in [6.45, 7) is 6.80. The van der Waals surface area contributed by atoms with Crippen LogP contribution in [0.2, 0.25) is 0 Å². The molecule has 3 N–H and O–H groups in total. The number of hydrogen-bond donors (Lipinski definition) is 3. The van der Waals surface area contributed by atoms with Crippen molar-refractivity contribution in [3.8, 4) is 12.3 Å². The summed E-state index contributed by atoms with van der Waals surface area (Å²) in [5.41, 5.74) is 1.39. The fourth-order valence-electron chi connectivity index (χ4n) is 4.27. The van der Waals surface area contributed by atoms with E-state index in [0.717, 1.165) is 25.0 Å². The molecule has 9 heteroatoms. The van der Waals surface area contributed by atoms with Crippen LogP contribution in [0.25, 0.3) is 0 Å². The van der Waals surface area contributed by atoms with E-state index in [1.54, 1.807) is 24.0 Å². The summed E-state index contributed by atoms with van der Waals surface area (Å²) in [5.74, 6) is -0.0397. The molecule has 0 aromatic heterocycles. The van der Waals surface area contributed by atoms with E-state index < -0.39 is 35.8 Å². The van der Waals surface area contributed by atoms with Crippen molar-refractivity contribution in [2.45, 2.75) is 64.7 Å². The lowest BCUT2D eigenvalue weighted by molar-refractivity contribution is -0.0498. The lowest BCUT2D eigenvalue weighted by Gasteiger charge is -2.28. The minimum atomic E-state index is -1.54. The summed E-state index contributed by atoms with van der Waals surface area (Å²) in [4.78, 5) is 28.2. The van der Waals surface area contributed by atoms with Gasteiger partial charge in [-0.1, -0.05) is 13.8 Å². The standard InChI is InChI=1S/C30H38F2N2O5/c1-5-8-11-39-19-27(35)28(36)26(16-21-14-24(31)18-25(32)15-21)33-29(37)22-12-20(4)13-23(17-22)30(38)34(9-6-2)10-7-3/h1,12-15,17-18,26-28,35-36H,6-11,16,19H2,2-4H3,(H,33,37)/t26-,27-,28+/m0/s1. The number of carbonyl (C=O) groups is 2. The molecule has 0 radical (unpaired) electrons. The van der Waals surface area contributed by atoms with E-state index in [1.165, 1.54) is 6.07 Å². The Morgan fingerprint density at radius 1 is 1.03 bits per heavy atom. The van der Waals surface area contributed by atoms with Crippen LogP contribution in [0.15, 0.2) is 36.4 Å². The molecule has 7 nitrogen and oxygen atoms in total. The van der Waals surface area contributed by atoms with Crippen LogP contribution in [0.3, 0.4) is 0 Å². The van der Waals surface area contributed by atoms with Crippen molar-refractivity contribution in [2.75, 3.05) is 26.3 Å². The maximum atomic E-state index is 13.8. The Balaban J connectivity index is 2.32. The first kappa shape index (κ1) is 31.9. The number of nitrogens with one attached hydrogen (secondary N) is 1. The number of terminal acetylenes is 1. The molecule has 3 atom stereocenters. The highest BCUT2D eigenvalue weighted by Crippen LogP contribution is 2.17. The molecule has 39 heavy (non-hydrogen) atoms. The first-order valence-electron chi connectivity index (χ1n) is 13.1. The minimum Gasteiger partial charge on any atom is -0.388 e. The second-order valence-corrected chi connectivity index (χ2v) is 9.53. The van der Waals surface area contributed by atoms with Gasteiger partial charge in [-0.3, -0.25) is 9.59 Å². The minimum absolute atomic E-state index is 0.166. The van der Waals surface area contributed by atoms with Crippen molar-refractivity contribution in [1.29, 1.82) is 0 Å². The molecule has 0 fully saturated rings. The van der Waals surface area contributed by atoms with Crippen molar-refractivity contribution in [3.63, 3.8) is 0 Å². The maximum Gasteiger partial charge on any atom is 0.253 e. The number of halogens is 2. The van der Waals surface area contributed by atoms with Gasteiger partial charge in [-0.25, -0.2) is 8.78 Å². The van der Waals surface area contributed by atoms with Gasteiger partial charge in [0.1, 0.15) is 23.8 Å². The van der Waals surface area contributed by atoms with Crippen LogP contribution in [-0.4, -0.2) is 71.5 Å². The number of ether oxygens (including phenoxy) is 1. The average Bonchev–Trinajstić information content (AvgIpc) is 2.88. The molecule has 2 aromatic carbocycles. The zero-order valence-corrected chi connectivity index (χ0v) is 22.8. The molecule has 0 aliphatic rings. The van der Waals surface area contributed by atoms with Gasteiger partial charge in [-0.15, -0.1) is 12.3 Å². The van der Waals surface area contributed by atoms with Crippen LogP contribution in [0.4, 0.5) is 8.78 Å². The molecule has 0 unspecified atom stereocenters. The third kappa shape index (κ3) is 10.1. The number of rotatable bonds is 15. The normalized spacial score (nSPS) is 13.3. The highest BCUT2D eigenvalue weighted by atomic mass is 19.1. The fourth-order valence-corrected chi connectivity index (χ4v) is 4.27. The van der Waals surface area contributed by atoms with Crippen molar-refractivity contribution in [2.24, 2.45) is 0 Å². The zero-order chi connectivity index (χ0) is 28.9. The van der Waals surface area contributed by atoms with Gasteiger partial charge in [0, 0.05) is 36.7 Å². The maximum absolute atomic E-state index is 13.8. The second-order valence-electron chi connectivity index (χ2n) is 9.53. The molecular weight excluding hydrogens is 506 g/mol. The molecule has 0 bridgehead atoms. The number of nitrogens with zero attached hydrogens (tertiary/aromatic N) is 1. The molecule has 2 amide bonds. The summed E-state index contributed by atoms with van der Waals surface area (Å²) in [6.07, 6.45) is 3.94. The number of carbonyl (C=O) groups excluding carboxylic acids is 2. The molecule has 0 aliphatic carbocycles. The number of hydrogen-bond acceptors (Lipinski definition) is 5. The third-order valence-corrected chi connectivity index (χ3v) is 6.04. The van der Waals surface area contributed by atoms with Crippen molar-refractivity contribution < 1.29 is 33.3 Å². The van der Waals surface area contributed by atoms with Gasteiger partial charge in [0.2, 0.25) is 0 Å². The number of aliphatic hydroxyl groups excluding tert-OH is 2. The molecule has 2 aromatic rings. The average molecular weight is 545 g/mol. The van der Waals surface area contributed by atoms with Crippen molar-refractivity contribution >= 4 is 11.8 Å². The Hall–Kier alpha value is -3.32. The van der Waals surface area contributed by atoms with E-state index in [2.05, 4.69) is 11.2 Å². The number of aryl methyl sites for hydroxylation is 1. The Morgan fingerprint density at radius 2 is 1.64 bits per heavy atom. The van der Waals surface area contributed by atoms with Gasteiger partial charge in [-0.05, 0) is 67.6 Å². The van der Waals surface area contributed by atoms with E-state index in [0.29, 0.717) is 36.7 Å². The lowest BCUT2D eigenvalue weighted by atomic mass is 9.96. The molecular formula is C30H38F2N2O5. The number of benzene rings is 2. The van der Waals surface area contributed by atoms with Gasteiger partial charge >= 0.3 is 0 Å². The van der Waals surface area contributed by atoms with E-state index in [1.807, 2.05) is 13.8 Å². The van der Waals surface area contributed by atoms with Crippen LogP contribution < -0.4 is 5.32 Å². The predicted octanol–water partition coefficient (Wildman–Crippen LogP) is 3.64.